The van der Waals surface area contributed by atoms with Crippen LogP contribution in [0.1, 0.15) is 252 Å². The highest BCUT2D eigenvalue weighted by Crippen LogP contribution is 2.14. The normalized spacial score (nSPS) is 12.9. The molecule has 0 aromatic carbocycles. The molecule has 0 radical (unpaired) electrons. The highest BCUT2D eigenvalue weighted by Gasteiger charge is 2.19. The summed E-state index contributed by atoms with van der Waals surface area (Å²) in [6, 6.07) is 0. The molecule has 0 aliphatic carbocycles. The fourth-order valence-corrected chi connectivity index (χ4v) is 7.54. The minimum Gasteiger partial charge on any atom is -0.462 e. The number of carbonyl (C=O) groups excluding carboxylic acids is 3. The molecule has 0 amide bonds. The molecule has 0 aliphatic rings. The zero-order chi connectivity index (χ0) is 50.0. The van der Waals surface area contributed by atoms with Crippen LogP contribution < -0.4 is 0 Å². The van der Waals surface area contributed by atoms with Gasteiger partial charge in [-0.05, 0) is 122 Å². The molecule has 6 heteroatoms. The molecule has 0 bridgehead atoms. The van der Waals surface area contributed by atoms with Gasteiger partial charge in [-0.3, -0.25) is 14.4 Å². The van der Waals surface area contributed by atoms with Crippen LogP contribution >= 0.6 is 0 Å². The first kappa shape index (κ1) is 65.1. The van der Waals surface area contributed by atoms with E-state index in [0.29, 0.717) is 19.3 Å². The van der Waals surface area contributed by atoms with Crippen molar-refractivity contribution in [2.75, 3.05) is 13.2 Å². The number of hydrogen-bond donors (Lipinski definition) is 0. The second-order valence-electron chi connectivity index (χ2n) is 18.4. The third-order valence-electron chi connectivity index (χ3n) is 11.7. The Balaban J connectivity index is 4.43. The Morgan fingerprint density at radius 1 is 0.304 bits per heavy atom. The molecule has 0 saturated carbocycles. The van der Waals surface area contributed by atoms with E-state index in [0.717, 1.165) is 154 Å². The second kappa shape index (κ2) is 56.7. The molecule has 69 heavy (non-hydrogen) atoms. The quantitative estimate of drug-likeness (QED) is 0.0262. The van der Waals surface area contributed by atoms with Crippen molar-refractivity contribution in [1.29, 1.82) is 0 Å². The Morgan fingerprint density at radius 3 is 0.884 bits per heavy atom. The van der Waals surface area contributed by atoms with Gasteiger partial charge in [0, 0.05) is 19.3 Å². The number of ether oxygens (including phenoxy) is 3. The van der Waals surface area contributed by atoms with Gasteiger partial charge in [-0.1, -0.05) is 220 Å². The molecule has 0 fully saturated rings. The number of rotatable bonds is 50. The molecular weight excluding hydrogens is 853 g/mol. The van der Waals surface area contributed by atoms with Crippen LogP contribution in [0.2, 0.25) is 0 Å². The van der Waals surface area contributed by atoms with Crippen molar-refractivity contribution < 1.29 is 28.6 Å². The first-order chi connectivity index (χ1) is 34.0. The lowest BCUT2D eigenvalue weighted by Crippen LogP contribution is -2.30. The van der Waals surface area contributed by atoms with Gasteiger partial charge >= 0.3 is 17.9 Å². The van der Waals surface area contributed by atoms with E-state index in [2.05, 4.69) is 130 Å². The molecule has 392 valence electrons. The highest BCUT2D eigenvalue weighted by atomic mass is 16.6. The number of esters is 3. The SMILES string of the molecule is CC/C=C\C/C=C\C/C=C\C/C=C\CCCCCCCCCCC(=O)OCC(COC(=O)CCCCCCC/C=C\C/C=C\CCCCC)OC(=O)CCCCCCC/C=C\C/C=C\C/C=C\CC. The maximum atomic E-state index is 12.8. The minimum atomic E-state index is -0.799. The van der Waals surface area contributed by atoms with Crippen molar-refractivity contribution in [1.82, 2.24) is 0 Å². The van der Waals surface area contributed by atoms with E-state index in [4.69, 9.17) is 14.2 Å². The molecule has 0 aliphatic heterocycles. The lowest BCUT2D eigenvalue weighted by Gasteiger charge is -2.18. The summed E-state index contributed by atoms with van der Waals surface area (Å²) in [5.41, 5.74) is 0. The Morgan fingerprint density at radius 2 is 0.565 bits per heavy atom. The van der Waals surface area contributed by atoms with E-state index < -0.39 is 6.10 Å². The van der Waals surface area contributed by atoms with Crippen LogP contribution in [-0.4, -0.2) is 37.2 Å². The molecule has 0 saturated heterocycles. The molecule has 0 spiro atoms. The molecule has 0 N–H and O–H groups in total. The first-order valence-electron chi connectivity index (χ1n) is 28.4. The third kappa shape index (κ3) is 54.9. The van der Waals surface area contributed by atoms with Crippen molar-refractivity contribution in [2.45, 2.75) is 258 Å². The Bertz CT molecular complexity index is 1420. The molecule has 0 heterocycles. The van der Waals surface area contributed by atoms with Crippen LogP contribution in [0.5, 0.6) is 0 Å². The summed E-state index contributed by atoms with van der Waals surface area (Å²) in [7, 11) is 0. The lowest BCUT2D eigenvalue weighted by molar-refractivity contribution is -0.167. The van der Waals surface area contributed by atoms with Gasteiger partial charge in [0.15, 0.2) is 6.10 Å². The molecular formula is C63H104O6. The van der Waals surface area contributed by atoms with E-state index in [9.17, 15) is 14.4 Å². The van der Waals surface area contributed by atoms with Gasteiger partial charge in [0.1, 0.15) is 13.2 Å². The number of allylic oxidation sites excluding steroid dienone is 18. The number of carbonyl (C=O) groups is 3. The molecule has 6 nitrogen and oxygen atoms in total. The maximum Gasteiger partial charge on any atom is 0.306 e. The van der Waals surface area contributed by atoms with Crippen LogP contribution in [0.3, 0.4) is 0 Å². The van der Waals surface area contributed by atoms with Gasteiger partial charge < -0.3 is 14.2 Å². The van der Waals surface area contributed by atoms with Crippen LogP contribution in [0.4, 0.5) is 0 Å². The van der Waals surface area contributed by atoms with E-state index >= 15 is 0 Å². The molecule has 0 rings (SSSR count). The fraction of sp³-hybridized carbons (Fsp3) is 0.667. The lowest BCUT2D eigenvalue weighted by atomic mass is 10.1. The zero-order valence-electron chi connectivity index (χ0n) is 44.8. The minimum absolute atomic E-state index is 0.0956. The van der Waals surface area contributed by atoms with Gasteiger partial charge in [0.25, 0.3) is 0 Å². The van der Waals surface area contributed by atoms with Crippen molar-refractivity contribution in [3.05, 3.63) is 109 Å². The summed E-state index contributed by atoms with van der Waals surface area (Å²) in [4.78, 5) is 38.2. The largest absolute Gasteiger partial charge is 0.462 e. The fourth-order valence-electron chi connectivity index (χ4n) is 7.54. The molecule has 0 aromatic rings. The Kier molecular flexibility index (Phi) is 53.4. The average molecular weight is 958 g/mol. The monoisotopic (exact) mass is 957 g/mol. The Hall–Kier alpha value is -3.93. The predicted octanol–water partition coefficient (Wildman–Crippen LogP) is 19.1. The Labute approximate surface area is 425 Å². The summed E-state index contributed by atoms with van der Waals surface area (Å²) in [6.07, 6.45) is 76.4. The average Bonchev–Trinajstić information content (AvgIpc) is 3.35. The zero-order valence-corrected chi connectivity index (χ0v) is 44.8. The predicted molar refractivity (Wildman–Crippen MR) is 297 cm³/mol. The summed E-state index contributed by atoms with van der Waals surface area (Å²) in [5, 5.41) is 0. The van der Waals surface area contributed by atoms with Gasteiger partial charge in [-0.2, -0.15) is 0 Å². The molecule has 1 unspecified atom stereocenters. The number of hydrogen-bond acceptors (Lipinski definition) is 6. The summed E-state index contributed by atoms with van der Waals surface area (Å²) < 4.78 is 16.8. The first-order valence-corrected chi connectivity index (χ1v) is 28.4. The van der Waals surface area contributed by atoms with Crippen molar-refractivity contribution >= 4 is 17.9 Å². The van der Waals surface area contributed by atoms with Crippen LogP contribution in [-0.2, 0) is 28.6 Å². The summed E-state index contributed by atoms with van der Waals surface area (Å²) >= 11 is 0. The van der Waals surface area contributed by atoms with Crippen LogP contribution in [0.25, 0.3) is 0 Å². The van der Waals surface area contributed by atoms with Gasteiger partial charge in [-0.15, -0.1) is 0 Å². The summed E-state index contributed by atoms with van der Waals surface area (Å²) in [6.45, 7) is 6.36. The highest BCUT2D eigenvalue weighted by molar-refractivity contribution is 5.71. The van der Waals surface area contributed by atoms with Crippen molar-refractivity contribution in [3.63, 3.8) is 0 Å². The van der Waals surface area contributed by atoms with Gasteiger partial charge in [0.2, 0.25) is 0 Å². The standard InChI is InChI=1S/C63H104O6/c1-4-7-10-13-16-19-22-25-28-29-30-31-32-33-36-38-41-44-47-50-53-56-62(65)68-59-60(69-63(66)57-54-51-48-45-42-39-35-27-24-21-18-15-12-9-6-3)58-67-61(64)55-52-49-46-43-40-37-34-26-23-20-17-14-11-8-5-2/h7,9-10,12,16-21,25-28,30-31,34-35,60H,4-6,8,11,13-15,22-24,29,32-33,36-59H2,1-3H3/b10-7-,12-9-,19-16-,20-17-,21-18-,28-25-,31-30-,34-26-,35-27-. The van der Waals surface area contributed by atoms with Gasteiger partial charge in [-0.25, -0.2) is 0 Å². The van der Waals surface area contributed by atoms with E-state index in [1.807, 2.05) is 0 Å². The summed E-state index contributed by atoms with van der Waals surface area (Å²) in [5.74, 6) is -0.934. The third-order valence-corrected chi connectivity index (χ3v) is 11.7. The maximum absolute atomic E-state index is 12.8. The van der Waals surface area contributed by atoms with Crippen LogP contribution in [0.15, 0.2) is 109 Å². The molecule has 0 aromatic heterocycles. The van der Waals surface area contributed by atoms with Crippen molar-refractivity contribution in [2.24, 2.45) is 0 Å². The van der Waals surface area contributed by atoms with E-state index in [1.165, 1.54) is 57.8 Å². The smallest absolute Gasteiger partial charge is 0.306 e. The van der Waals surface area contributed by atoms with Crippen molar-refractivity contribution in [3.8, 4) is 0 Å². The van der Waals surface area contributed by atoms with Gasteiger partial charge in [0.05, 0.1) is 0 Å². The number of unbranched alkanes of at least 4 members (excludes halogenated alkanes) is 21. The molecule has 1 atom stereocenters. The topological polar surface area (TPSA) is 78.9 Å². The van der Waals surface area contributed by atoms with E-state index in [1.54, 1.807) is 0 Å². The van der Waals surface area contributed by atoms with E-state index in [-0.39, 0.29) is 31.1 Å². The second-order valence-corrected chi connectivity index (χ2v) is 18.4. The van der Waals surface area contributed by atoms with Crippen LogP contribution in [0, 0.1) is 0 Å².